The van der Waals surface area contributed by atoms with Crippen LogP contribution >= 0.6 is 0 Å². The lowest BCUT2D eigenvalue weighted by Gasteiger charge is -2.33. The minimum absolute atomic E-state index is 0.0714. The molecule has 0 aromatic carbocycles. The standard InChI is InChI=1S/C19H32O6/c1-4-22-17(23-5-2)11-14-12-18(24-13-16(14)19(20)21-3)25-15-9-7-6-8-10-15/h13-15,17-18H,4-12H2,1-3H3/t14-,18?/m0/s1. The normalized spacial score (nSPS) is 24.7. The van der Waals surface area contributed by atoms with Gasteiger partial charge in [-0.3, -0.25) is 0 Å². The molecule has 1 heterocycles. The fourth-order valence-electron chi connectivity index (χ4n) is 3.51. The first kappa shape index (κ1) is 20.2. The van der Waals surface area contributed by atoms with Gasteiger partial charge in [0.2, 0.25) is 0 Å². The Bertz CT molecular complexity index is 424. The summed E-state index contributed by atoms with van der Waals surface area (Å²) in [5.41, 5.74) is 0.524. The fourth-order valence-corrected chi connectivity index (χ4v) is 3.51. The minimum Gasteiger partial charge on any atom is -0.472 e. The van der Waals surface area contributed by atoms with Gasteiger partial charge in [-0.05, 0) is 26.7 Å². The summed E-state index contributed by atoms with van der Waals surface area (Å²) < 4.78 is 28.0. The molecule has 0 saturated heterocycles. The van der Waals surface area contributed by atoms with Crippen molar-refractivity contribution in [3.63, 3.8) is 0 Å². The van der Waals surface area contributed by atoms with Crippen molar-refractivity contribution < 1.29 is 28.5 Å². The van der Waals surface area contributed by atoms with E-state index in [0.29, 0.717) is 31.6 Å². The maximum Gasteiger partial charge on any atom is 0.337 e. The van der Waals surface area contributed by atoms with Gasteiger partial charge in [0.05, 0.1) is 25.0 Å². The molecule has 6 heteroatoms. The SMILES string of the molecule is CCOC(C[C@H]1CC(OC2CCCCC2)OC=C1C(=O)OC)OCC. The van der Waals surface area contributed by atoms with Crippen LogP contribution in [0, 0.1) is 5.92 Å². The van der Waals surface area contributed by atoms with E-state index in [9.17, 15) is 4.79 Å². The van der Waals surface area contributed by atoms with Crippen molar-refractivity contribution >= 4 is 5.97 Å². The molecule has 0 N–H and O–H groups in total. The van der Waals surface area contributed by atoms with E-state index in [1.165, 1.54) is 32.6 Å². The minimum atomic E-state index is -0.368. The van der Waals surface area contributed by atoms with Gasteiger partial charge in [-0.2, -0.15) is 0 Å². The number of rotatable bonds is 9. The number of hydrogen-bond acceptors (Lipinski definition) is 6. The summed E-state index contributed by atoms with van der Waals surface area (Å²) in [7, 11) is 1.38. The lowest BCUT2D eigenvalue weighted by atomic mass is 9.90. The van der Waals surface area contributed by atoms with Crippen LogP contribution in [-0.2, 0) is 28.5 Å². The van der Waals surface area contributed by atoms with E-state index in [2.05, 4.69) is 0 Å². The zero-order valence-corrected chi connectivity index (χ0v) is 15.7. The molecule has 2 rings (SSSR count). The van der Waals surface area contributed by atoms with Crippen LogP contribution in [0.4, 0.5) is 0 Å². The van der Waals surface area contributed by atoms with Gasteiger partial charge in [-0.15, -0.1) is 0 Å². The quantitative estimate of drug-likeness (QED) is 0.465. The van der Waals surface area contributed by atoms with Crippen LogP contribution in [0.1, 0.15) is 58.8 Å². The Kier molecular flexibility index (Phi) is 8.72. The third-order valence-electron chi connectivity index (χ3n) is 4.76. The lowest BCUT2D eigenvalue weighted by molar-refractivity contribution is -0.178. The van der Waals surface area contributed by atoms with Crippen LogP contribution in [0.2, 0.25) is 0 Å². The summed E-state index contributed by atoms with van der Waals surface area (Å²) in [6, 6.07) is 0. The van der Waals surface area contributed by atoms with E-state index in [-0.39, 0.29) is 30.6 Å². The molecule has 1 fully saturated rings. The molecular formula is C19H32O6. The average Bonchev–Trinajstić information content (AvgIpc) is 2.63. The largest absolute Gasteiger partial charge is 0.472 e. The molecule has 1 unspecified atom stereocenters. The summed E-state index contributed by atoms with van der Waals surface area (Å²) in [6.45, 7) is 4.99. The predicted molar refractivity (Wildman–Crippen MR) is 92.7 cm³/mol. The smallest absolute Gasteiger partial charge is 0.337 e. The Balaban J connectivity index is 2.01. The summed E-state index contributed by atoms with van der Waals surface area (Å²) in [6.07, 6.45) is 8.13. The monoisotopic (exact) mass is 356 g/mol. The van der Waals surface area contributed by atoms with E-state index in [1.54, 1.807) is 0 Å². The van der Waals surface area contributed by atoms with E-state index in [0.717, 1.165) is 12.8 Å². The van der Waals surface area contributed by atoms with Gasteiger partial charge in [0.25, 0.3) is 0 Å². The van der Waals surface area contributed by atoms with Crippen molar-refractivity contribution in [2.24, 2.45) is 5.92 Å². The first-order valence-corrected chi connectivity index (χ1v) is 9.50. The zero-order chi connectivity index (χ0) is 18.1. The van der Waals surface area contributed by atoms with Gasteiger partial charge in [0.15, 0.2) is 12.6 Å². The van der Waals surface area contributed by atoms with Crippen molar-refractivity contribution in [3.8, 4) is 0 Å². The highest BCUT2D eigenvalue weighted by molar-refractivity contribution is 5.88. The highest BCUT2D eigenvalue weighted by Gasteiger charge is 2.34. The Hall–Kier alpha value is -1.11. The summed E-state index contributed by atoms with van der Waals surface area (Å²) in [5.74, 6) is -0.439. The van der Waals surface area contributed by atoms with Crippen LogP contribution in [0.5, 0.6) is 0 Å². The second-order valence-corrected chi connectivity index (χ2v) is 6.54. The highest BCUT2D eigenvalue weighted by Crippen LogP contribution is 2.33. The molecule has 6 nitrogen and oxygen atoms in total. The van der Waals surface area contributed by atoms with Crippen LogP contribution < -0.4 is 0 Å². The molecule has 2 atom stereocenters. The Labute approximate surface area is 150 Å². The zero-order valence-electron chi connectivity index (χ0n) is 15.7. The molecule has 1 saturated carbocycles. The lowest BCUT2D eigenvalue weighted by Crippen LogP contribution is -2.34. The van der Waals surface area contributed by atoms with Crippen molar-refractivity contribution in [2.45, 2.75) is 77.5 Å². The predicted octanol–water partition coefficient (Wildman–Crippen LogP) is 3.54. The van der Waals surface area contributed by atoms with E-state index < -0.39 is 0 Å². The van der Waals surface area contributed by atoms with Crippen molar-refractivity contribution in [1.29, 1.82) is 0 Å². The topological polar surface area (TPSA) is 63.2 Å². The van der Waals surface area contributed by atoms with Crippen molar-refractivity contribution in [1.82, 2.24) is 0 Å². The Morgan fingerprint density at radius 3 is 2.48 bits per heavy atom. The van der Waals surface area contributed by atoms with Gasteiger partial charge >= 0.3 is 5.97 Å². The molecule has 25 heavy (non-hydrogen) atoms. The van der Waals surface area contributed by atoms with Gasteiger partial charge in [0, 0.05) is 32.0 Å². The first-order valence-electron chi connectivity index (χ1n) is 9.50. The van der Waals surface area contributed by atoms with Gasteiger partial charge in [-0.25, -0.2) is 4.79 Å². The van der Waals surface area contributed by atoms with Crippen molar-refractivity contribution in [3.05, 3.63) is 11.8 Å². The number of esters is 1. The molecule has 144 valence electrons. The number of ether oxygens (including phenoxy) is 5. The van der Waals surface area contributed by atoms with E-state index >= 15 is 0 Å². The highest BCUT2D eigenvalue weighted by atomic mass is 16.7. The van der Waals surface area contributed by atoms with Crippen LogP contribution in [0.3, 0.4) is 0 Å². The number of carbonyl (C=O) groups is 1. The van der Waals surface area contributed by atoms with Crippen LogP contribution in [0.15, 0.2) is 11.8 Å². The molecule has 0 bridgehead atoms. The number of carbonyl (C=O) groups excluding carboxylic acids is 1. The molecule has 0 spiro atoms. The molecule has 0 aromatic heterocycles. The van der Waals surface area contributed by atoms with Gasteiger partial charge in [0.1, 0.15) is 0 Å². The first-order chi connectivity index (χ1) is 12.2. The Morgan fingerprint density at radius 2 is 1.88 bits per heavy atom. The fraction of sp³-hybridized carbons (Fsp3) is 0.842. The molecule has 1 aliphatic carbocycles. The third kappa shape index (κ3) is 6.28. The van der Waals surface area contributed by atoms with Crippen LogP contribution in [0.25, 0.3) is 0 Å². The van der Waals surface area contributed by atoms with Gasteiger partial charge < -0.3 is 23.7 Å². The maximum absolute atomic E-state index is 12.1. The summed E-state index contributed by atoms with van der Waals surface area (Å²) >= 11 is 0. The molecular weight excluding hydrogens is 324 g/mol. The summed E-state index contributed by atoms with van der Waals surface area (Å²) in [5, 5.41) is 0. The van der Waals surface area contributed by atoms with Crippen LogP contribution in [-0.4, -0.2) is 45.0 Å². The van der Waals surface area contributed by atoms with E-state index in [1.807, 2.05) is 13.8 Å². The Morgan fingerprint density at radius 1 is 1.20 bits per heavy atom. The second-order valence-electron chi connectivity index (χ2n) is 6.54. The molecule has 2 aliphatic rings. The number of hydrogen-bond donors (Lipinski definition) is 0. The maximum atomic E-state index is 12.1. The van der Waals surface area contributed by atoms with Crippen molar-refractivity contribution in [2.75, 3.05) is 20.3 Å². The third-order valence-corrected chi connectivity index (χ3v) is 4.76. The summed E-state index contributed by atoms with van der Waals surface area (Å²) in [4.78, 5) is 12.1. The van der Waals surface area contributed by atoms with E-state index in [4.69, 9.17) is 23.7 Å². The number of methoxy groups -OCH3 is 1. The second kappa shape index (κ2) is 10.8. The van der Waals surface area contributed by atoms with Gasteiger partial charge in [-0.1, -0.05) is 19.3 Å². The molecule has 1 aliphatic heterocycles. The molecule has 0 amide bonds. The molecule has 0 radical (unpaired) electrons. The molecule has 0 aromatic rings. The average molecular weight is 356 g/mol.